The standard InChI is InChI=1S/C18H23FN2O5S/c1-18(2,3)21-27(23,24)16-10-9-15(26-16)17(22)20-11-6-12-25-14-8-5-4-7-13(14)19/h4-5,7-10,21H,6,11-12H2,1-3H3,(H,20,22). The van der Waals surface area contributed by atoms with Crippen molar-refractivity contribution in [2.45, 2.75) is 37.8 Å². The number of rotatable bonds is 8. The molecule has 1 aromatic carbocycles. The molecule has 0 aliphatic carbocycles. The summed E-state index contributed by atoms with van der Waals surface area (Å²) in [4.78, 5) is 12.0. The lowest BCUT2D eigenvalue weighted by molar-refractivity contribution is 0.0918. The lowest BCUT2D eigenvalue weighted by Crippen LogP contribution is -2.40. The predicted octanol–water partition coefficient (Wildman–Crippen LogP) is 2.69. The summed E-state index contributed by atoms with van der Waals surface area (Å²) in [5.41, 5.74) is -0.674. The third kappa shape index (κ3) is 6.37. The van der Waals surface area contributed by atoms with E-state index < -0.39 is 27.3 Å². The van der Waals surface area contributed by atoms with Crippen LogP contribution < -0.4 is 14.8 Å². The molecule has 1 aromatic heterocycles. The van der Waals surface area contributed by atoms with E-state index in [1.807, 2.05) is 0 Å². The molecule has 0 unspecified atom stereocenters. The molecule has 0 aliphatic heterocycles. The topological polar surface area (TPSA) is 97.6 Å². The van der Waals surface area contributed by atoms with Crippen LogP contribution in [0.15, 0.2) is 45.9 Å². The number of halogens is 1. The average Bonchev–Trinajstić information content (AvgIpc) is 3.05. The maximum atomic E-state index is 13.4. The normalized spacial score (nSPS) is 12.0. The van der Waals surface area contributed by atoms with E-state index in [1.165, 1.54) is 24.3 Å². The van der Waals surface area contributed by atoms with Crippen LogP contribution in [0.5, 0.6) is 5.75 Å². The maximum absolute atomic E-state index is 13.4. The summed E-state index contributed by atoms with van der Waals surface area (Å²) < 4.78 is 50.6. The van der Waals surface area contributed by atoms with Crippen LogP contribution in [0.3, 0.4) is 0 Å². The number of benzene rings is 1. The second-order valence-electron chi connectivity index (χ2n) is 6.86. The molecular weight excluding hydrogens is 375 g/mol. The molecule has 0 spiro atoms. The van der Waals surface area contributed by atoms with Gasteiger partial charge in [0.2, 0.25) is 5.09 Å². The highest BCUT2D eigenvalue weighted by Gasteiger charge is 2.26. The van der Waals surface area contributed by atoms with Crippen LogP contribution in [0.2, 0.25) is 0 Å². The first-order valence-corrected chi connectivity index (χ1v) is 9.86. The average molecular weight is 398 g/mol. The molecule has 1 heterocycles. The van der Waals surface area contributed by atoms with Gasteiger partial charge in [0.25, 0.3) is 15.9 Å². The molecule has 2 N–H and O–H groups in total. The molecule has 2 rings (SSSR count). The Morgan fingerprint density at radius 2 is 1.89 bits per heavy atom. The van der Waals surface area contributed by atoms with E-state index in [0.717, 1.165) is 0 Å². The van der Waals surface area contributed by atoms with Gasteiger partial charge in [-0.25, -0.2) is 17.5 Å². The third-order valence-corrected chi connectivity index (χ3v) is 4.84. The largest absolute Gasteiger partial charge is 0.490 e. The quantitative estimate of drug-likeness (QED) is 0.667. The van der Waals surface area contributed by atoms with Gasteiger partial charge >= 0.3 is 0 Å². The molecule has 0 fully saturated rings. The van der Waals surface area contributed by atoms with Gasteiger partial charge in [0.05, 0.1) is 6.61 Å². The molecule has 27 heavy (non-hydrogen) atoms. The highest BCUT2D eigenvalue weighted by atomic mass is 32.2. The second-order valence-corrected chi connectivity index (χ2v) is 8.48. The fourth-order valence-corrected chi connectivity index (χ4v) is 3.50. The number of hydrogen-bond donors (Lipinski definition) is 2. The van der Waals surface area contributed by atoms with E-state index in [2.05, 4.69) is 10.0 Å². The monoisotopic (exact) mass is 398 g/mol. The number of para-hydroxylation sites is 1. The Morgan fingerprint density at radius 3 is 2.56 bits per heavy atom. The molecule has 0 radical (unpaired) electrons. The lowest BCUT2D eigenvalue weighted by Gasteiger charge is -2.18. The van der Waals surface area contributed by atoms with Crippen molar-refractivity contribution < 1.29 is 26.8 Å². The van der Waals surface area contributed by atoms with Crippen molar-refractivity contribution in [3.8, 4) is 5.75 Å². The molecule has 0 saturated heterocycles. The lowest BCUT2D eigenvalue weighted by atomic mass is 10.1. The fraction of sp³-hybridized carbons (Fsp3) is 0.389. The first-order valence-electron chi connectivity index (χ1n) is 8.38. The molecule has 0 saturated carbocycles. The van der Waals surface area contributed by atoms with E-state index in [1.54, 1.807) is 32.9 Å². The first kappa shape index (κ1) is 20.9. The van der Waals surface area contributed by atoms with Crippen molar-refractivity contribution in [3.05, 3.63) is 48.0 Å². The smallest absolute Gasteiger partial charge is 0.287 e. The van der Waals surface area contributed by atoms with Gasteiger partial charge in [0.15, 0.2) is 17.3 Å². The molecular formula is C18H23FN2O5S. The maximum Gasteiger partial charge on any atom is 0.287 e. The van der Waals surface area contributed by atoms with Crippen molar-refractivity contribution >= 4 is 15.9 Å². The molecule has 7 nitrogen and oxygen atoms in total. The van der Waals surface area contributed by atoms with Crippen molar-refractivity contribution in [2.24, 2.45) is 0 Å². The summed E-state index contributed by atoms with van der Waals surface area (Å²) >= 11 is 0. The zero-order chi connectivity index (χ0) is 20.1. The Kier molecular flexibility index (Phi) is 6.61. The van der Waals surface area contributed by atoms with Crippen LogP contribution >= 0.6 is 0 Å². The summed E-state index contributed by atoms with van der Waals surface area (Å²) in [6.45, 7) is 5.57. The number of ether oxygens (including phenoxy) is 1. The minimum Gasteiger partial charge on any atom is -0.490 e. The van der Waals surface area contributed by atoms with Crippen LogP contribution in [0, 0.1) is 5.82 Å². The molecule has 2 aromatic rings. The Balaban J connectivity index is 1.82. The van der Waals surface area contributed by atoms with Gasteiger partial charge in [-0.15, -0.1) is 0 Å². The van der Waals surface area contributed by atoms with E-state index in [9.17, 15) is 17.6 Å². The van der Waals surface area contributed by atoms with Crippen molar-refractivity contribution in [2.75, 3.05) is 13.2 Å². The van der Waals surface area contributed by atoms with Crippen LogP contribution in [0.1, 0.15) is 37.7 Å². The molecule has 0 bridgehead atoms. The number of sulfonamides is 1. The fourth-order valence-electron chi connectivity index (χ4n) is 2.15. The van der Waals surface area contributed by atoms with Crippen LogP contribution in [0.25, 0.3) is 0 Å². The Hall–Kier alpha value is -2.39. The van der Waals surface area contributed by atoms with E-state index in [0.29, 0.717) is 6.42 Å². The Bertz CT molecular complexity index is 887. The van der Waals surface area contributed by atoms with Gasteiger partial charge < -0.3 is 14.5 Å². The number of carbonyl (C=O) groups is 1. The Labute approximate surface area is 158 Å². The van der Waals surface area contributed by atoms with Crippen LogP contribution in [0.4, 0.5) is 4.39 Å². The second kappa shape index (κ2) is 8.53. The van der Waals surface area contributed by atoms with E-state index in [4.69, 9.17) is 9.15 Å². The highest BCUT2D eigenvalue weighted by Crippen LogP contribution is 2.17. The highest BCUT2D eigenvalue weighted by molar-refractivity contribution is 7.89. The third-order valence-electron chi connectivity index (χ3n) is 3.21. The minimum absolute atomic E-state index is 0.112. The van der Waals surface area contributed by atoms with E-state index in [-0.39, 0.29) is 29.8 Å². The number of hydrogen-bond acceptors (Lipinski definition) is 5. The number of carbonyl (C=O) groups excluding carboxylic acids is 1. The summed E-state index contributed by atoms with van der Waals surface area (Å²) in [6.07, 6.45) is 0.442. The minimum atomic E-state index is -3.85. The zero-order valence-electron chi connectivity index (χ0n) is 15.4. The van der Waals surface area contributed by atoms with Crippen LogP contribution in [-0.2, 0) is 10.0 Å². The number of amides is 1. The Morgan fingerprint density at radius 1 is 1.19 bits per heavy atom. The van der Waals surface area contributed by atoms with Gasteiger partial charge in [0, 0.05) is 12.1 Å². The number of nitrogens with one attached hydrogen (secondary N) is 2. The van der Waals surface area contributed by atoms with Crippen molar-refractivity contribution in [3.63, 3.8) is 0 Å². The summed E-state index contributed by atoms with van der Waals surface area (Å²) in [5.74, 6) is -0.955. The first-order chi connectivity index (χ1) is 12.6. The van der Waals surface area contributed by atoms with Gasteiger partial charge in [-0.1, -0.05) is 12.1 Å². The van der Waals surface area contributed by atoms with Crippen LogP contribution in [-0.4, -0.2) is 33.0 Å². The molecule has 0 atom stereocenters. The summed E-state index contributed by atoms with van der Waals surface area (Å²) in [6, 6.07) is 8.57. The zero-order valence-corrected chi connectivity index (χ0v) is 16.2. The molecule has 0 aliphatic rings. The van der Waals surface area contributed by atoms with Crippen molar-refractivity contribution in [1.82, 2.24) is 10.0 Å². The predicted molar refractivity (Wildman–Crippen MR) is 97.6 cm³/mol. The van der Waals surface area contributed by atoms with Gasteiger partial charge in [-0.2, -0.15) is 0 Å². The van der Waals surface area contributed by atoms with E-state index >= 15 is 0 Å². The summed E-state index contributed by atoms with van der Waals surface area (Å²) in [7, 11) is -3.85. The van der Waals surface area contributed by atoms with Gasteiger partial charge in [-0.05, 0) is 51.5 Å². The molecule has 1 amide bonds. The SMILES string of the molecule is CC(C)(C)NS(=O)(=O)c1ccc(C(=O)NCCCOc2ccccc2F)o1. The molecule has 148 valence electrons. The van der Waals surface area contributed by atoms with Gasteiger partial charge in [0.1, 0.15) is 0 Å². The van der Waals surface area contributed by atoms with Crippen molar-refractivity contribution in [1.29, 1.82) is 0 Å². The summed E-state index contributed by atoms with van der Waals surface area (Å²) in [5, 5.41) is 2.26. The molecule has 9 heteroatoms. The van der Waals surface area contributed by atoms with Gasteiger partial charge in [-0.3, -0.25) is 4.79 Å². The number of furan rings is 1.